The Morgan fingerprint density at radius 1 is 1.02 bits per heavy atom. The van der Waals surface area contributed by atoms with Crippen molar-refractivity contribution in [2.24, 2.45) is 56.7 Å². The lowest BCUT2D eigenvalue weighted by molar-refractivity contribution is -0.248. The average molecular weight is 700 g/mol. The van der Waals surface area contributed by atoms with Crippen molar-refractivity contribution in [2.75, 3.05) is 32.8 Å². The van der Waals surface area contributed by atoms with Crippen LogP contribution in [0.5, 0.6) is 0 Å². The van der Waals surface area contributed by atoms with Gasteiger partial charge in [-0.3, -0.25) is 9.69 Å². The molecule has 2 N–H and O–H groups in total. The van der Waals surface area contributed by atoms with Crippen LogP contribution in [0.15, 0.2) is 0 Å². The molecule has 0 aromatic heterocycles. The minimum atomic E-state index is -1.02. The number of nitrogens with zero attached hydrogens (tertiary/aromatic N) is 1. The Bertz CT molecular complexity index is 1310. The molecule has 6 aliphatic carbocycles. The highest BCUT2D eigenvalue weighted by molar-refractivity contribution is 5.83. The van der Waals surface area contributed by atoms with E-state index in [1.165, 1.54) is 32.1 Å². The van der Waals surface area contributed by atoms with Crippen molar-refractivity contribution >= 4 is 5.78 Å². The molecule has 50 heavy (non-hydrogen) atoms. The number of Topliss-reactive ketones (excluding diaryl/α,β-unsaturated/α-hetero) is 1. The third kappa shape index (κ3) is 5.03. The summed E-state index contributed by atoms with van der Waals surface area (Å²) in [5.74, 6) is 2.43. The van der Waals surface area contributed by atoms with Crippen molar-refractivity contribution in [3.8, 4) is 0 Å². The first kappa shape index (κ1) is 36.4. The summed E-state index contributed by atoms with van der Waals surface area (Å²) in [5.41, 5.74) is -0.606. The SMILES string of the molecule is CCO[C@@H]([C@H]1C[C@@H](C)[C@H]2[C@H](O1)[C@H](O)[C@@]1(C)[C@@H]3CC[C@H]4C(C)(C)[C@@H](O[C@H]5CN(CC(=O)C6CCC6)CCO5)CC[C@@]45C[C@@]35CC[C@]21C)C(C)(C)O. The first-order valence-corrected chi connectivity index (χ1v) is 20.7. The molecule has 0 amide bonds. The monoisotopic (exact) mass is 700 g/mol. The van der Waals surface area contributed by atoms with Crippen molar-refractivity contribution in [1.29, 1.82) is 0 Å². The summed E-state index contributed by atoms with van der Waals surface area (Å²) in [5, 5.41) is 23.7. The minimum Gasteiger partial charge on any atom is -0.390 e. The average Bonchev–Trinajstić information content (AvgIpc) is 3.64. The quantitative estimate of drug-likeness (QED) is 0.286. The molecule has 0 aromatic rings. The molecule has 0 radical (unpaired) electrons. The number of aliphatic hydroxyl groups is 2. The van der Waals surface area contributed by atoms with Gasteiger partial charge in [0.2, 0.25) is 0 Å². The molecule has 2 spiro atoms. The fourth-order valence-electron chi connectivity index (χ4n) is 14.9. The molecule has 8 rings (SSSR count). The number of ketones is 1. The zero-order chi connectivity index (χ0) is 35.6. The summed E-state index contributed by atoms with van der Waals surface area (Å²) in [6, 6.07) is 0. The molecule has 0 unspecified atom stereocenters. The van der Waals surface area contributed by atoms with Crippen molar-refractivity contribution in [3.05, 3.63) is 0 Å². The molecule has 0 aromatic carbocycles. The highest BCUT2D eigenvalue weighted by Gasteiger charge is 2.84. The first-order valence-electron chi connectivity index (χ1n) is 20.7. The molecule has 8 aliphatic rings. The van der Waals surface area contributed by atoms with E-state index in [2.05, 4.69) is 39.5 Å². The normalized spacial score (nSPS) is 50.6. The summed E-state index contributed by atoms with van der Waals surface area (Å²) in [6.07, 6.45) is 10.9. The van der Waals surface area contributed by atoms with E-state index >= 15 is 0 Å². The fraction of sp³-hybridized carbons (Fsp3) is 0.976. The van der Waals surface area contributed by atoms with Crippen LogP contribution < -0.4 is 0 Å². The molecular weight excluding hydrogens is 630 g/mol. The smallest absolute Gasteiger partial charge is 0.170 e. The van der Waals surface area contributed by atoms with Gasteiger partial charge in [-0.15, -0.1) is 0 Å². The number of hydrogen-bond donors (Lipinski definition) is 2. The number of aliphatic hydroxyl groups excluding tert-OH is 1. The van der Waals surface area contributed by atoms with Gasteiger partial charge in [0.25, 0.3) is 0 Å². The third-order valence-corrected chi connectivity index (χ3v) is 17.5. The number of fused-ring (bicyclic) bond motifs is 4. The number of carbonyl (C=O) groups excluding carboxylic acids is 1. The lowest BCUT2D eigenvalue weighted by atomic mass is 9.41. The molecule has 0 bridgehead atoms. The summed E-state index contributed by atoms with van der Waals surface area (Å²) in [7, 11) is 0. The first-order chi connectivity index (χ1) is 23.5. The van der Waals surface area contributed by atoms with Gasteiger partial charge in [0, 0.05) is 24.5 Å². The van der Waals surface area contributed by atoms with Gasteiger partial charge < -0.3 is 29.2 Å². The van der Waals surface area contributed by atoms with E-state index in [1.54, 1.807) is 0 Å². The standard InChI is InChI=1S/C42H69NO7/c1-9-47-36(38(5,6)46)28-21-25(2)33-34(49-28)35(45)40(8)30-14-13-29-37(3,4)31(15-16-41(29)24-42(30,41)18-17-39(33,40)7)50-32-23-43(19-20-48-32)22-27(44)26-11-10-12-26/h25-26,28-36,45-46H,9-24H2,1-8H3/t25-,28-,29+,30+,31+,32+,33+,34+,35+,36+,39-,40-,41-,42+/m1/s1. The third-order valence-electron chi connectivity index (χ3n) is 17.5. The molecule has 284 valence electrons. The number of hydrogen-bond acceptors (Lipinski definition) is 8. The van der Waals surface area contributed by atoms with Gasteiger partial charge >= 0.3 is 0 Å². The van der Waals surface area contributed by atoms with E-state index in [1.807, 2.05) is 20.8 Å². The van der Waals surface area contributed by atoms with Crippen LogP contribution in [0.25, 0.3) is 0 Å². The highest BCUT2D eigenvalue weighted by atomic mass is 16.7. The maximum absolute atomic E-state index is 12.8. The maximum Gasteiger partial charge on any atom is 0.170 e. The zero-order valence-electron chi connectivity index (χ0n) is 32.5. The van der Waals surface area contributed by atoms with Gasteiger partial charge in [-0.2, -0.15) is 0 Å². The van der Waals surface area contributed by atoms with Gasteiger partial charge in [-0.25, -0.2) is 0 Å². The van der Waals surface area contributed by atoms with Crippen LogP contribution in [-0.2, 0) is 23.7 Å². The Hall–Kier alpha value is -0.610. The van der Waals surface area contributed by atoms with Crippen LogP contribution in [0.2, 0.25) is 0 Å². The van der Waals surface area contributed by atoms with Crippen LogP contribution >= 0.6 is 0 Å². The van der Waals surface area contributed by atoms with Gasteiger partial charge in [-0.1, -0.05) is 41.0 Å². The van der Waals surface area contributed by atoms with Gasteiger partial charge in [0.15, 0.2) is 6.29 Å². The Labute approximate surface area is 302 Å². The Balaban J connectivity index is 0.991. The number of ether oxygens (including phenoxy) is 4. The second-order valence-corrected chi connectivity index (χ2v) is 20.3. The zero-order valence-corrected chi connectivity index (χ0v) is 32.5. The summed E-state index contributed by atoms with van der Waals surface area (Å²) >= 11 is 0. The van der Waals surface area contributed by atoms with Gasteiger partial charge in [0.05, 0.1) is 49.7 Å². The van der Waals surface area contributed by atoms with E-state index in [9.17, 15) is 15.0 Å². The second kappa shape index (κ2) is 12.2. The van der Waals surface area contributed by atoms with Crippen molar-refractivity contribution in [3.63, 3.8) is 0 Å². The van der Waals surface area contributed by atoms with Crippen LogP contribution in [0.3, 0.4) is 0 Å². The number of carbonyl (C=O) groups is 1. The van der Waals surface area contributed by atoms with Gasteiger partial charge in [0.1, 0.15) is 11.9 Å². The lowest BCUT2D eigenvalue weighted by Gasteiger charge is -2.64. The molecule has 2 aliphatic heterocycles. The molecule has 6 saturated carbocycles. The van der Waals surface area contributed by atoms with Crippen molar-refractivity contribution in [1.82, 2.24) is 4.90 Å². The topological polar surface area (TPSA) is 97.7 Å². The molecular formula is C42H69NO7. The Morgan fingerprint density at radius 3 is 2.42 bits per heavy atom. The lowest BCUT2D eigenvalue weighted by Crippen LogP contribution is -2.60. The molecule has 8 fully saturated rings. The largest absolute Gasteiger partial charge is 0.390 e. The van der Waals surface area contributed by atoms with Crippen LogP contribution in [-0.4, -0.2) is 96.2 Å². The van der Waals surface area contributed by atoms with Crippen LogP contribution in [0, 0.1) is 56.7 Å². The predicted molar refractivity (Wildman–Crippen MR) is 191 cm³/mol. The minimum absolute atomic E-state index is 0.00386. The fourth-order valence-corrected chi connectivity index (χ4v) is 14.9. The molecule has 14 atom stereocenters. The highest BCUT2D eigenvalue weighted by Crippen LogP contribution is 2.89. The van der Waals surface area contributed by atoms with E-state index in [-0.39, 0.29) is 52.2 Å². The van der Waals surface area contributed by atoms with E-state index in [4.69, 9.17) is 18.9 Å². The molecule has 2 saturated heterocycles. The van der Waals surface area contributed by atoms with E-state index in [0.717, 1.165) is 45.1 Å². The molecule has 8 heteroatoms. The Kier molecular flexibility index (Phi) is 8.87. The van der Waals surface area contributed by atoms with Crippen molar-refractivity contribution < 1.29 is 34.0 Å². The van der Waals surface area contributed by atoms with Crippen molar-refractivity contribution in [2.45, 2.75) is 168 Å². The number of rotatable bonds is 9. The van der Waals surface area contributed by atoms with E-state index in [0.29, 0.717) is 61.2 Å². The van der Waals surface area contributed by atoms with Crippen LogP contribution in [0.4, 0.5) is 0 Å². The summed E-state index contributed by atoms with van der Waals surface area (Å²) in [4.78, 5) is 15.0. The number of morpholine rings is 1. The molecule has 8 nitrogen and oxygen atoms in total. The Morgan fingerprint density at radius 2 is 1.74 bits per heavy atom. The predicted octanol–water partition coefficient (Wildman–Crippen LogP) is 6.39. The molecule has 2 heterocycles. The summed E-state index contributed by atoms with van der Waals surface area (Å²) < 4.78 is 26.2. The summed E-state index contributed by atoms with van der Waals surface area (Å²) in [6.45, 7) is 21.1. The van der Waals surface area contributed by atoms with Crippen LogP contribution in [0.1, 0.15) is 126 Å². The second-order valence-electron chi connectivity index (χ2n) is 20.3. The maximum atomic E-state index is 12.8. The van der Waals surface area contributed by atoms with E-state index < -0.39 is 17.8 Å². The van der Waals surface area contributed by atoms with Gasteiger partial charge in [-0.05, 0) is 130 Å².